The molecule has 1 aromatic heterocycles. The predicted octanol–water partition coefficient (Wildman–Crippen LogP) is 3.98. The van der Waals surface area contributed by atoms with Crippen LogP contribution < -0.4 is 24.8 Å². The number of nitriles is 1. The first kappa shape index (κ1) is 23.9. The van der Waals surface area contributed by atoms with Gasteiger partial charge in [0.1, 0.15) is 5.82 Å². The van der Waals surface area contributed by atoms with Crippen molar-refractivity contribution in [2.75, 3.05) is 32.0 Å². The van der Waals surface area contributed by atoms with E-state index in [9.17, 15) is 10.1 Å². The third kappa shape index (κ3) is 3.86. The van der Waals surface area contributed by atoms with E-state index >= 15 is 0 Å². The molecule has 178 valence electrons. The van der Waals surface area contributed by atoms with Gasteiger partial charge in [-0.1, -0.05) is 36.1 Å². The molecule has 0 radical (unpaired) electrons. The number of methoxy groups -OCH3 is 3. The summed E-state index contributed by atoms with van der Waals surface area (Å²) in [5.74, 6) is 1.63. The van der Waals surface area contributed by atoms with E-state index < -0.39 is 5.92 Å². The van der Waals surface area contributed by atoms with Crippen LogP contribution in [0.25, 0.3) is 0 Å². The first-order valence-electron chi connectivity index (χ1n) is 10.7. The Morgan fingerprint density at radius 1 is 1.21 bits per heavy atom. The Bertz CT molecular complexity index is 1230. The van der Waals surface area contributed by atoms with Crippen molar-refractivity contribution in [1.82, 2.24) is 10.2 Å². The first-order chi connectivity index (χ1) is 16.5. The van der Waals surface area contributed by atoms with Crippen LogP contribution in [-0.2, 0) is 4.79 Å². The highest BCUT2D eigenvalue weighted by molar-refractivity contribution is 8.01. The number of nitrogens with zero attached hydrogens (tertiary/aromatic N) is 4. The second-order valence-corrected chi connectivity index (χ2v) is 9.99. The van der Waals surface area contributed by atoms with Crippen LogP contribution in [-0.4, -0.2) is 43.1 Å². The summed E-state index contributed by atoms with van der Waals surface area (Å²) < 4.78 is 17.5. The number of aromatic nitrogens is 2. The molecule has 0 saturated heterocycles. The van der Waals surface area contributed by atoms with Crippen LogP contribution >= 0.6 is 23.1 Å². The number of ether oxygens (including phenoxy) is 3. The third-order valence-electron chi connectivity index (χ3n) is 5.81. The lowest BCUT2D eigenvalue weighted by molar-refractivity contribution is -0.116. The molecule has 2 heterocycles. The molecule has 2 aliphatic rings. The van der Waals surface area contributed by atoms with Crippen LogP contribution in [0.5, 0.6) is 17.2 Å². The van der Waals surface area contributed by atoms with Crippen LogP contribution in [0, 0.1) is 11.3 Å². The minimum atomic E-state index is -0.698. The molecule has 1 aliphatic carbocycles. The zero-order chi connectivity index (χ0) is 24.4. The Balaban J connectivity index is 1.96. The average molecular weight is 500 g/mol. The number of rotatable bonds is 7. The standard InChI is InChI=1S/C23H25N5O4S2/c1-5-33-23-27-26-22(34-23)28-14-7-6-8-15(29)18(14)17(13(11-24)21(28)25)12-9-10-16(30-2)20(32-4)19(12)31-3/h9-10,17H,5-8,25H2,1-4H3. The molecule has 0 saturated carbocycles. The molecule has 4 rings (SSSR count). The molecule has 11 heteroatoms. The van der Waals surface area contributed by atoms with Crippen LogP contribution in [0.3, 0.4) is 0 Å². The molecule has 2 aromatic rings. The molecule has 1 aromatic carbocycles. The lowest BCUT2D eigenvalue weighted by Crippen LogP contribution is -2.38. The Hall–Kier alpha value is -3.23. The molecular weight excluding hydrogens is 474 g/mol. The molecular formula is C23H25N5O4S2. The molecule has 0 bridgehead atoms. The highest BCUT2D eigenvalue weighted by Gasteiger charge is 2.43. The molecule has 1 aliphatic heterocycles. The Labute approximate surface area is 206 Å². The molecule has 2 N–H and O–H groups in total. The van der Waals surface area contributed by atoms with Gasteiger partial charge in [0.25, 0.3) is 0 Å². The Morgan fingerprint density at radius 3 is 2.62 bits per heavy atom. The second kappa shape index (κ2) is 9.95. The van der Waals surface area contributed by atoms with Crippen molar-refractivity contribution in [3.63, 3.8) is 0 Å². The maximum atomic E-state index is 13.4. The lowest BCUT2D eigenvalue weighted by Gasteiger charge is -2.38. The van der Waals surface area contributed by atoms with E-state index in [1.165, 1.54) is 32.7 Å². The van der Waals surface area contributed by atoms with Crippen molar-refractivity contribution in [2.24, 2.45) is 5.73 Å². The topological polar surface area (TPSA) is 124 Å². The van der Waals surface area contributed by atoms with E-state index in [-0.39, 0.29) is 17.2 Å². The minimum Gasteiger partial charge on any atom is -0.493 e. The fourth-order valence-electron chi connectivity index (χ4n) is 4.44. The first-order valence-corrected chi connectivity index (χ1v) is 12.5. The van der Waals surface area contributed by atoms with Crippen molar-refractivity contribution in [3.05, 3.63) is 40.4 Å². The quantitative estimate of drug-likeness (QED) is 0.559. The summed E-state index contributed by atoms with van der Waals surface area (Å²) in [5.41, 5.74) is 8.76. The van der Waals surface area contributed by atoms with E-state index in [4.69, 9.17) is 19.9 Å². The van der Waals surface area contributed by atoms with Gasteiger partial charge in [0.15, 0.2) is 21.6 Å². The summed E-state index contributed by atoms with van der Waals surface area (Å²) in [7, 11) is 4.56. The molecule has 34 heavy (non-hydrogen) atoms. The predicted molar refractivity (Wildman–Crippen MR) is 130 cm³/mol. The number of anilines is 1. The van der Waals surface area contributed by atoms with Crippen LogP contribution in [0.15, 0.2) is 39.1 Å². The molecule has 0 amide bonds. The largest absolute Gasteiger partial charge is 0.493 e. The van der Waals surface area contributed by atoms with Gasteiger partial charge in [0.05, 0.1) is 38.9 Å². The number of ketones is 1. The van der Waals surface area contributed by atoms with Gasteiger partial charge in [-0.05, 0) is 24.7 Å². The van der Waals surface area contributed by atoms with Crippen molar-refractivity contribution >= 4 is 34.0 Å². The summed E-state index contributed by atoms with van der Waals surface area (Å²) >= 11 is 2.97. The summed E-state index contributed by atoms with van der Waals surface area (Å²) in [4.78, 5) is 15.1. The maximum absolute atomic E-state index is 13.4. The average Bonchev–Trinajstić information content (AvgIpc) is 3.30. The Morgan fingerprint density at radius 2 is 1.97 bits per heavy atom. The summed E-state index contributed by atoms with van der Waals surface area (Å²) in [6.45, 7) is 2.04. The number of Topliss-reactive ketones (excluding diaryl/α,β-unsaturated/α-hetero) is 1. The van der Waals surface area contributed by atoms with Gasteiger partial charge in [-0.2, -0.15) is 5.26 Å². The molecule has 9 nitrogen and oxygen atoms in total. The summed E-state index contributed by atoms with van der Waals surface area (Å²) in [6, 6.07) is 5.78. The van der Waals surface area contributed by atoms with E-state index in [1.54, 1.807) is 28.8 Å². The molecule has 0 spiro atoms. The van der Waals surface area contributed by atoms with Gasteiger partial charge in [-0.3, -0.25) is 9.69 Å². The van der Waals surface area contributed by atoms with E-state index in [1.807, 2.05) is 6.92 Å². The van der Waals surface area contributed by atoms with Crippen LogP contribution in [0.1, 0.15) is 37.7 Å². The van der Waals surface area contributed by atoms with Gasteiger partial charge in [0.2, 0.25) is 10.9 Å². The normalized spacial score (nSPS) is 18.0. The Kier molecular flexibility index (Phi) is 7.00. The number of hydrogen-bond donors (Lipinski definition) is 1. The van der Waals surface area contributed by atoms with Crippen LogP contribution in [0.4, 0.5) is 5.13 Å². The number of carbonyl (C=O) groups excluding carboxylic acids is 1. The van der Waals surface area contributed by atoms with Crippen molar-refractivity contribution < 1.29 is 19.0 Å². The van der Waals surface area contributed by atoms with Gasteiger partial charge in [-0.15, -0.1) is 10.2 Å². The second-order valence-electron chi connectivity index (χ2n) is 7.52. The highest BCUT2D eigenvalue weighted by Crippen LogP contribution is 2.52. The highest BCUT2D eigenvalue weighted by atomic mass is 32.2. The van der Waals surface area contributed by atoms with E-state index in [2.05, 4.69) is 16.3 Å². The molecule has 1 unspecified atom stereocenters. The van der Waals surface area contributed by atoms with E-state index in [0.717, 1.165) is 15.8 Å². The number of benzene rings is 1. The zero-order valence-electron chi connectivity index (χ0n) is 19.4. The van der Waals surface area contributed by atoms with Gasteiger partial charge >= 0.3 is 0 Å². The van der Waals surface area contributed by atoms with Gasteiger partial charge in [0, 0.05) is 23.3 Å². The van der Waals surface area contributed by atoms with Crippen molar-refractivity contribution in [3.8, 4) is 23.3 Å². The SMILES string of the molecule is CCSc1nnc(N2C(N)=C(C#N)C(c3ccc(OC)c(OC)c3OC)C3=C2CCCC3=O)s1. The monoisotopic (exact) mass is 499 g/mol. The van der Waals surface area contributed by atoms with E-state index in [0.29, 0.717) is 52.8 Å². The summed E-state index contributed by atoms with van der Waals surface area (Å²) in [6.07, 6.45) is 1.71. The number of hydrogen-bond acceptors (Lipinski definition) is 11. The fraction of sp³-hybridized carbons (Fsp3) is 0.391. The van der Waals surface area contributed by atoms with Crippen molar-refractivity contribution in [2.45, 2.75) is 36.4 Å². The number of carbonyl (C=O) groups is 1. The minimum absolute atomic E-state index is 0.0268. The zero-order valence-corrected chi connectivity index (χ0v) is 21.0. The van der Waals surface area contributed by atoms with Crippen molar-refractivity contribution in [1.29, 1.82) is 5.26 Å². The maximum Gasteiger partial charge on any atom is 0.219 e. The van der Waals surface area contributed by atoms with Gasteiger partial charge in [-0.25, -0.2) is 0 Å². The molecule has 1 atom stereocenters. The lowest BCUT2D eigenvalue weighted by atomic mass is 9.75. The van der Waals surface area contributed by atoms with Gasteiger partial charge < -0.3 is 19.9 Å². The third-order valence-corrected chi connectivity index (χ3v) is 7.74. The summed E-state index contributed by atoms with van der Waals surface area (Å²) in [5, 5.41) is 19.3. The number of nitrogens with two attached hydrogens (primary N) is 1. The van der Waals surface area contributed by atoms with Crippen LogP contribution in [0.2, 0.25) is 0 Å². The fourth-order valence-corrected chi connectivity index (χ4v) is 6.22. The smallest absolute Gasteiger partial charge is 0.219 e. The number of allylic oxidation sites excluding steroid dienone is 3. The number of thioether (sulfide) groups is 1. The molecule has 0 fully saturated rings.